The lowest BCUT2D eigenvalue weighted by Crippen LogP contribution is -2.35. The van der Waals surface area contributed by atoms with Gasteiger partial charge in [-0.15, -0.1) is 0 Å². The van der Waals surface area contributed by atoms with Crippen LogP contribution in [0.5, 0.6) is 0 Å². The molecule has 0 amide bonds. The lowest BCUT2D eigenvalue weighted by Gasteiger charge is -2.31. The van der Waals surface area contributed by atoms with Crippen molar-refractivity contribution in [1.82, 2.24) is 15.0 Å². The Bertz CT molecular complexity index is 810. The number of anilines is 1. The summed E-state index contributed by atoms with van der Waals surface area (Å²) in [7, 11) is 0. The number of H-pyrrole nitrogens is 1. The van der Waals surface area contributed by atoms with Gasteiger partial charge in [-0.3, -0.25) is 0 Å². The van der Waals surface area contributed by atoms with Crippen molar-refractivity contribution in [1.29, 1.82) is 0 Å². The predicted molar refractivity (Wildman–Crippen MR) is 87.0 cm³/mol. The molecular weight excluding hydrogens is 284 g/mol. The third-order valence-electron chi connectivity index (χ3n) is 4.28. The van der Waals surface area contributed by atoms with Crippen LogP contribution in [0.3, 0.4) is 0 Å². The molecule has 1 aliphatic rings. The van der Waals surface area contributed by atoms with E-state index in [-0.39, 0.29) is 0 Å². The Kier molecular flexibility index (Phi) is 3.00. The number of nitrogens with one attached hydrogen (secondary N) is 1. The topological polar surface area (TPSA) is 44.8 Å². The summed E-state index contributed by atoms with van der Waals surface area (Å²) < 4.78 is 0. The first-order chi connectivity index (χ1) is 10.2. The van der Waals surface area contributed by atoms with Gasteiger partial charge in [0.25, 0.3) is 0 Å². The van der Waals surface area contributed by atoms with Crippen LogP contribution in [0.15, 0.2) is 24.5 Å². The van der Waals surface area contributed by atoms with Gasteiger partial charge in [-0.25, -0.2) is 9.97 Å². The van der Waals surface area contributed by atoms with Crippen molar-refractivity contribution >= 4 is 39.4 Å². The van der Waals surface area contributed by atoms with Gasteiger partial charge in [-0.05, 0) is 37.0 Å². The normalized spacial score (nSPS) is 19.5. The third-order valence-corrected chi connectivity index (χ3v) is 4.52. The standard InChI is InChI=1S/C16H17ClN4/c1-10-3-2-6-21(8-10)16-15-14(18-9-19-16)12-7-11(17)4-5-13(12)20-15/h4-5,7,9-10,20H,2-3,6,8H2,1H3. The minimum atomic E-state index is 0.711. The largest absolute Gasteiger partial charge is 0.355 e. The van der Waals surface area contributed by atoms with E-state index in [1.807, 2.05) is 18.2 Å². The molecule has 1 unspecified atom stereocenters. The lowest BCUT2D eigenvalue weighted by molar-refractivity contribution is 0.445. The maximum absolute atomic E-state index is 6.12. The monoisotopic (exact) mass is 300 g/mol. The van der Waals surface area contributed by atoms with Crippen molar-refractivity contribution < 1.29 is 0 Å². The minimum absolute atomic E-state index is 0.711. The lowest BCUT2D eigenvalue weighted by atomic mass is 10.0. The van der Waals surface area contributed by atoms with Crippen molar-refractivity contribution in [2.45, 2.75) is 19.8 Å². The number of fused-ring (bicyclic) bond motifs is 3. The van der Waals surface area contributed by atoms with Gasteiger partial charge in [-0.1, -0.05) is 18.5 Å². The zero-order chi connectivity index (χ0) is 14.4. The summed E-state index contributed by atoms with van der Waals surface area (Å²) in [4.78, 5) is 14.8. The van der Waals surface area contributed by atoms with Crippen LogP contribution in [-0.2, 0) is 0 Å². The van der Waals surface area contributed by atoms with Gasteiger partial charge in [-0.2, -0.15) is 0 Å². The molecule has 0 saturated carbocycles. The molecule has 4 rings (SSSR count). The summed E-state index contributed by atoms with van der Waals surface area (Å²) in [5.74, 6) is 1.72. The van der Waals surface area contributed by atoms with E-state index in [9.17, 15) is 0 Å². The summed E-state index contributed by atoms with van der Waals surface area (Å²) in [5, 5.41) is 1.79. The highest BCUT2D eigenvalue weighted by Crippen LogP contribution is 2.32. The smallest absolute Gasteiger partial charge is 0.156 e. The number of hydrogen-bond donors (Lipinski definition) is 1. The molecule has 1 atom stereocenters. The second-order valence-electron chi connectivity index (χ2n) is 5.93. The van der Waals surface area contributed by atoms with E-state index < -0.39 is 0 Å². The molecule has 1 aliphatic heterocycles. The molecule has 1 N–H and O–H groups in total. The van der Waals surface area contributed by atoms with Gasteiger partial charge < -0.3 is 9.88 Å². The highest BCUT2D eigenvalue weighted by atomic mass is 35.5. The first-order valence-corrected chi connectivity index (χ1v) is 7.77. The molecule has 3 heterocycles. The van der Waals surface area contributed by atoms with Crippen LogP contribution in [-0.4, -0.2) is 28.0 Å². The number of piperidine rings is 1. The fourth-order valence-electron chi connectivity index (χ4n) is 3.27. The van der Waals surface area contributed by atoms with E-state index in [0.717, 1.165) is 45.9 Å². The molecule has 0 radical (unpaired) electrons. The Labute approximate surface area is 128 Å². The highest BCUT2D eigenvalue weighted by molar-refractivity contribution is 6.31. The number of aromatic nitrogens is 3. The van der Waals surface area contributed by atoms with E-state index in [4.69, 9.17) is 11.6 Å². The van der Waals surface area contributed by atoms with Crippen molar-refractivity contribution in [3.8, 4) is 0 Å². The van der Waals surface area contributed by atoms with Gasteiger partial charge in [0.05, 0.1) is 0 Å². The second kappa shape index (κ2) is 4.88. The van der Waals surface area contributed by atoms with Gasteiger partial charge in [0.2, 0.25) is 0 Å². The number of aromatic amines is 1. The quantitative estimate of drug-likeness (QED) is 0.739. The van der Waals surface area contributed by atoms with Crippen LogP contribution in [0.25, 0.3) is 21.9 Å². The summed E-state index contributed by atoms with van der Waals surface area (Å²) in [6, 6.07) is 5.86. The molecule has 0 aliphatic carbocycles. The summed E-state index contributed by atoms with van der Waals surface area (Å²) in [6.07, 6.45) is 4.18. The molecule has 0 spiro atoms. The second-order valence-corrected chi connectivity index (χ2v) is 6.37. The SMILES string of the molecule is CC1CCCN(c2ncnc3c2[nH]c2ccc(Cl)cc23)C1. The van der Waals surface area contributed by atoms with E-state index in [1.54, 1.807) is 6.33 Å². The Morgan fingerprint density at radius 2 is 2.24 bits per heavy atom. The molecule has 2 aromatic heterocycles. The Balaban J connectivity index is 1.91. The summed E-state index contributed by atoms with van der Waals surface area (Å²) in [5.41, 5.74) is 3.03. The molecule has 4 nitrogen and oxygen atoms in total. The van der Waals surface area contributed by atoms with Gasteiger partial charge in [0.1, 0.15) is 17.4 Å². The number of rotatable bonds is 1. The van der Waals surface area contributed by atoms with Crippen molar-refractivity contribution in [3.05, 3.63) is 29.5 Å². The van der Waals surface area contributed by atoms with Crippen molar-refractivity contribution in [3.63, 3.8) is 0 Å². The first kappa shape index (κ1) is 12.9. The van der Waals surface area contributed by atoms with Crippen molar-refractivity contribution in [2.75, 3.05) is 18.0 Å². The molecule has 108 valence electrons. The summed E-state index contributed by atoms with van der Waals surface area (Å²) >= 11 is 6.12. The van der Waals surface area contributed by atoms with E-state index in [2.05, 4.69) is 26.8 Å². The average Bonchev–Trinajstić information content (AvgIpc) is 2.85. The van der Waals surface area contributed by atoms with Crippen LogP contribution in [0.1, 0.15) is 19.8 Å². The van der Waals surface area contributed by atoms with Crippen LogP contribution in [0.2, 0.25) is 5.02 Å². The molecule has 5 heteroatoms. The fraction of sp³-hybridized carbons (Fsp3) is 0.375. The Morgan fingerprint density at radius 1 is 1.33 bits per heavy atom. The molecule has 1 saturated heterocycles. The van der Waals surface area contributed by atoms with Crippen LogP contribution in [0, 0.1) is 5.92 Å². The van der Waals surface area contributed by atoms with Crippen LogP contribution >= 0.6 is 11.6 Å². The average molecular weight is 301 g/mol. The zero-order valence-corrected chi connectivity index (χ0v) is 12.7. The molecule has 21 heavy (non-hydrogen) atoms. The maximum Gasteiger partial charge on any atom is 0.156 e. The van der Waals surface area contributed by atoms with Crippen LogP contribution < -0.4 is 4.90 Å². The Morgan fingerprint density at radius 3 is 3.10 bits per heavy atom. The van der Waals surface area contributed by atoms with Gasteiger partial charge in [0.15, 0.2) is 5.82 Å². The van der Waals surface area contributed by atoms with Crippen LogP contribution in [0.4, 0.5) is 5.82 Å². The number of nitrogens with zero attached hydrogens (tertiary/aromatic N) is 3. The highest BCUT2D eigenvalue weighted by Gasteiger charge is 2.21. The summed E-state index contributed by atoms with van der Waals surface area (Å²) in [6.45, 7) is 4.42. The van der Waals surface area contributed by atoms with E-state index >= 15 is 0 Å². The van der Waals surface area contributed by atoms with Gasteiger partial charge >= 0.3 is 0 Å². The number of hydrogen-bond acceptors (Lipinski definition) is 3. The number of halogens is 1. The van der Waals surface area contributed by atoms with E-state index in [1.165, 1.54) is 12.8 Å². The number of benzene rings is 1. The Hall–Kier alpha value is -1.81. The predicted octanol–water partition coefficient (Wildman–Crippen LogP) is 4.00. The van der Waals surface area contributed by atoms with Crippen molar-refractivity contribution in [2.24, 2.45) is 5.92 Å². The van der Waals surface area contributed by atoms with Gasteiger partial charge in [0, 0.05) is 29.0 Å². The zero-order valence-electron chi connectivity index (χ0n) is 11.9. The van der Waals surface area contributed by atoms with E-state index in [0.29, 0.717) is 5.92 Å². The molecular formula is C16H17ClN4. The first-order valence-electron chi connectivity index (χ1n) is 7.39. The maximum atomic E-state index is 6.12. The fourth-order valence-corrected chi connectivity index (χ4v) is 3.45. The molecule has 1 fully saturated rings. The minimum Gasteiger partial charge on any atom is -0.355 e. The molecule has 0 bridgehead atoms. The molecule has 3 aromatic rings. The molecule has 1 aromatic carbocycles. The third kappa shape index (κ3) is 2.14.